The van der Waals surface area contributed by atoms with Crippen LogP contribution in [0.2, 0.25) is 0 Å². The van der Waals surface area contributed by atoms with E-state index in [1.54, 1.807) is 11.0 Å². The number of carbonyl (C=O) groups excluding carboxylic acids is 2. The number of hydrogen-bond donors (Lipinski definition) is 1. The summed E-state index contributed by atoms with van der Waals surface area (Å²) in [5.74, 6) is -1.08. The summed E-state index contributed by atoms with van der Waals surface area (Å²) in [7, 11) is 0. The van der Waals surface area contributed by atoms with Crippen LogP contribution in [-0.4, -0.2) is 35.0 Å². The molecule has 0 spiro atoms. The summed E-state index contributed by atoms with van der Waals surface area (Å²) in [6.45, 7) is 0.814. The Morgan fingerprint density at radius 2 is 1.92 bits per heavy atom. The van der Waals surface area contributed by atoms with E-state index in [1.807, 2.05) is 40.8 Å². The maximum atomic E-state index is 12.3. The zero-order valence-corrected chi connectivity index (χ0v) is 15.0. The standard InChI is InChI=1S/C18H16INO4/c19-14-5-6-16(21)15(9-14)18(23)24-11-17(22)20-8-7-12-3-1-2-4-13(12)10-20/h1-6,9,21H,7-8,10-11H2. The van der Waals surface area contributed by atoms with Crippen molar-refractivity contribution < 1.29 is 19.4 Å². The van der Waals surface area contributed by atoms with E-state index in [2.05, 4.69) is 6.07 Å². The van der Waals surface area contributed by atoms with E-state index in [0.29, 0.717) is 13.1 Å². The number of benzene rings is 2. The number of aromatic hydroxyl groups is 1. The number of nitrogens with zero attached hydrogens (tertiary/aromatic N) is 1. The molecule has 0 unspecified atom stereocenters. The van der Waals surface area contributed by atoms with Crippen LogP contribution < -0.4 is 0 Å². The molecule has 1 aliphatic rings. The van der Waals surface area contributed by atoms with Crippen LogP contribution >= 0.6 is 22.6 Å². The Morgan fingerprint density at radius 1 is 1.17 bits per heavy atom. The number of esters is 1. The van der Waals surface area contributed by atoms with Crippen LogP contribution in [0.4, 0.5) is 0 Å². The number of rotatable bonds is 3. The van der Waals surface area contributed by atoms with E-state index in [0.717, 1.165) is 15.6 Å². The molecule has 0 saturated heterocycles. The van der Waals surface area contributed by atoms with E-state index in [-0.39, 0.29) is 23.8 Å². The average molecular weight is 437 g/mol. The van der Waals surface area contributed by atoms with Crippen molar-refractivity contribution >= 4 is 34.5 Å². The number of ether oxygens (including phenoxy) is 1. The third-order valence-corrected chi connectivity index (χ3v) is 4.66. The van der Waals surface area contributed by atoms with E-state index in [1.165, 1.54) is 17.7 Å². The van der Waals surface area contributed by atoms with Crippen LogP contribution in [0.3, 0.4) is 0 Å². The van der Waals surface area contributed by atoms with Crippen LogP contribution in [0.1, 0.15) is 21.5 Å². The summed E-state index contributed by atoms with van der Waals surface area (Å²) >= 11 is 2.04. The highest BCUT2D eigenvalue weighted by Crippen LogP contribution is 2.21. The molecular weight excluding hydrogens is 421 g/mol. The predicted molar refractivity (Wildman–Crippen MR) is 96.7 cm³/mol. The second kappa shape index (κ2) is 7.21. The van der Waals surface area contributed by atoms with Crippen molar-refractivity contribution in [3.63, 3.8) is 0 Å². The predicted octanol–water partition coefficient (Wildman–Crippen LogP) is 2.74. The Hall–Kier alpha value is -2.09. The number of amides is 1. The van der Waals surface area contributed by atoms with Gasteiger partial charge in [-0.05, 0) is 58.3 Å². The van der Waals surface area contributed by atoms with Crippen molar-refractivity contribution in [1.82, 2.24) is 4.90 Å². The Morgan fingerprint density at radius 3 is 2.71 bits per heavy atom. The molecule has 6 heteroatoms. The number of halogens is 1. The van der Waals surface area contributed by atoms with Gasteiger partial charge in [0.15, 0.2) is 6.61 Å². The van der Waals surface area contributed by atoms with Gasteiger partial charge >= 0.3 is 5.97 Å². The Balaban J connectivity index is 1.60. The summed E-state index contributed by atoms with van der Waals surface area (Å²) in [6.07, 6.45) is 0.799. The minimum Gasteiger partial charge on any atom is -0.507 e. The number of carbonyl (C=O) groups is 2. The van der Waals surface area contributed by atoms with Crippen molar-refractivity contribution in [2.24, 2.45) is 0 Å². The van der Waals surface area contributed by atoms with Gasteiger partial charge in [-0.15, -0.1) is 0 Å². The van der Waals surface area contributed by atoms with Crippen molar-refractivity contribution in [3.05, 3.63) is 62.7 Å². The summed E-state index contributed by atoms with van der Waals surface area (Å²) in [6, 6.07) is 12.7. The van der Waals surface area contributed by atoms with E-state index in [9.17, 15) is 14.7 Å². The molecule has 3 rings (SSSR count). The second-order valence-electron chi connectivity index (χ2n) is 5.57. The first-order chi connectivity index (χ1) is 11.5. The minimum absolute atomic E-state index is 0.0682. The van der Waals surface area contributed by atoms with Gasteiger partial charge < -0.3 is 14.7 Å². The zero-order valence-electron chi connectivity index (χ0n) is 12.9. The van der Waals surface area contributed by atoms with Gasteiger partial charge in [0.25, 0.3) is 5.91 Å². The van der Waals surface area contributed by atoms with Gasteiger partial charge in [-0.2, -0.15) is 0 Å². The number of hydrogen-bond acceptors (Lipinski definition) is 4. The first kappa shape index (κ1) is 16.8. The Kier molecular flexibility index (Phi) is 5.03. The van der Waals surface area contributed by atoms with Gasteiger partial charge in [-0.25, -0.2) is 4.79 Å². The summed E-state index contributed by atoms with van der Waals surface area (Å²) < 4.78 is 5.88. The van der Waals surface area contributed by atoms with Crippen molar-refractivity contribution in [3.8, 4) is 5.75 Å². The fraction of sp³-hybridized carbons (Fsp3) is 0.222. The lowest BCUT2D eigenvalue weighted by Gasteiger charge is -2.28. The SMILES string of the molecule is O=C(OCC(=O)N1CCc2ccccc2C1)c1cc(I)ccc1O. The maximum Gasteiger partial charge on any atom is 0.342 e. The fourth-order valence-corrected chi connectivity index (χ4v) is 3.17. The lowest BCUT2D eigenvalue weighted by atomic mass is 10.00. The van der Waals surface area contributed by atoms with Crippen LogP contribution in [0.15, 0.2) is 42.5 Å². The molecule has 124 valence electrons. The molecule has 5 nitrogen and oxygen atoms in total. The monoisotopic (exact) mass is 437 g/mol. The largest absolute Gasteiger partial charge is 0.507 e. The molecule has 0 atom stereocenters. The number of phenolic OH excluding ortho intramolecular Hbond substituents is 1. The lowest BCUT2D eigenvalue weighted by Crippen LogP contribution is -2.38. The first-order valence-corrected chi connectivity index (χ1v) is 8.62. The van der Waals surface area contributed by atoms with Crippen LogP contribution in [0.25, 0.3) is 0 Å². The Labute approximate surface area is 153 Å². The topological polar surface area (TPSA) is 66.8 Å². The molecule has 0 fully saturated rings. The third kappa shape index (κ3) is 3.69. The van der Waals surface area contributed by atoms with Gasteiger partial charge in [-0.3, -0.25) is 4.79 Å². The van der Waals surface area contributed by atoms with Crippen molar-refractivity contribution in [2.45, 2.75) is 13.0 Å². The second-order valence-corrected chi connectivity index (χ2v) is 6.82. The van der Waals surface area contributed by atoms with Gasteiger partial charge in [0.1, 0.15) is 11.3 Å². The average Bonchev–Trinajstić information content (AvgIpc) is 2.61. The number of fused-ring (bicyclic) bond motifs is 1. The molecule has 1 N–H and O–H groups in total. The van der Waals surface area contributed by atoms with Gasteiger partial charge in [0.2, 0.25) is 0 Å². The van der Waals surface area contributed by atoms with Crippen molar-refractivity contribution in [2.75, 3.05) is 13.2 Å². The van der Waals surface area contributed by atoms with E-state index in [4.69, 9.17) is 4.74 Å². The summed E-state index contributed by atoms with van der Waals surface area (Å²) in [4.78, 5) is 26.0. The number of phenols is 1. The first-order valence-electron chi connectivity index (χ1n) is 7.55. The van der Waals surface area contributed by atoms with Crippen LogP contribution in [0, 0.1) is 3.57 Å². The van der Waals surface area contributed by atoms with Crippen LogP contribution in [-0.2, 0) is 22.5 Å². The smallest absolute Gasteiger partial charge is 0.342 e. The third-order valence-electron chi connectivity index (χ3n) is 3.99. The van der Waals surface area contributed by atoms with E-state index < -0.39 is 5.97 Å². The van der Waals surface area contributed by atoms with Crippen molar-refractivity contribution in [1.29, 1.82) is 0 Å². The highest BCUT2D eigenvalue weighted by Gasteiger charge is 2.22. The molecule has 0 aromatic heterocycles. The van der Waals surface area contributed by atoms with E-state index >= 15 is 0 Å². The summed E-state index contributed by atoms with van der Waals surface area (Å²) in [5.41, 5.74) is 2.44. The quantitative estimate of drug-likeness (QED) is 0.593. The minimum atomic E-state index is -0.697. The lowest BCUT2D eigenvalue weighted by molar-refractivity contribution is -0.135. The molecule has 2 aromatic carbocycles. The molecule has 0 saturated carbocycles. The highest BCUT2D eigenvalue weighted by molar-refractivity contribution is 14.1. The molecular formula is C18H16INO4. The van der Waals surface area contributed by atoms with Gasteiger partial charge in [-0.1, -0.05) is 24.3 Å². The molecule has 0 bridgehead atoms. The molecule has 2 aromatic rings. The maximum absolute atomic E-state index is 12.3. The highest BCUT2D eigenvalue weighted by atomic mass is 127. The molecule has 1 aliphatic heterocycles. The molecule has 0 aliphatic carbocycles. The molecule has 0 radical (unpaired) electrons. The summed E-state index contributed by atoms with van der Waals surface area (Å²) in [5, 5.41) is 9.73. The Bertz CT molecular complexity index is 790. The zero-order chi connectivity index (χ0) is 17.1. The van der Waals surface area contributed by atoms with Gasteiger partial charge in [0.05, 0.1) is 0 Å². The van der Waals surface area contributed by atoms with Crippen LogP contribution in [0.5, 0.6) is 5.75 Å². The molecule has 1 heterocycles. The normalized spacial score (nSPS) is 13.3. The fourth-order valence-electron chi connectivity index (χ4n) is 2.68. The molecule has 1 amide bonds. The van der Waals surface area contributed by atoms with Gasteiger partial charge in [0, 0.05) is 16.7 Å². The molecule has 24 heavy (non-hydrogen) atoms.